The van der Waals surface area contributed by atoms with Crippen molar-refractivity contribution in [3.05, 3.63) is 11.3 Å². The van der Waals surface area contributed by atoms with Crippen molar-refractivity contribution >= 4 is 23.2 Å². The quantitative estimate of drug-likeness (QED) is 0.740. The number of nitrogens with two attached hydrogens (primary N) is 1. The first-order chi connectivity index (χ1) is 7.77. The van der Waals surface area contributed by atoms with Crippen molar-refractivity contribution < 1.29 is 0 Å². The highest BCUT2D eigenvalue weighted by Gasteiger charge is 2.14. The second kappa shape index (κ2) is 5.32. The van der Waals surface area contributed by atoms with Crippen molar-refractivity contribution in [1.29, 1.82) is 0 Å². The van der Waals surface area contributed by atoms with Crippen molar-refractivity contribution in [1.82, 2.24) is 15.3 Å². The summed E-state index contributed by atoms with van der Waals surface area (Å²) >= 11 is 5.99. The minimum Gasteiger partial charge on any atom is -0.382 e. The molecule has 1 saturated heterocycles. The molecule has 1 aliphatic heterocycles. The van der Waals surface area contributed by atoms with Crippen molar-refractivity contribution in [2.75, 3.05) is 30.7 Å². The van der Waals surface area contributed by atoms with Gasteiger partial charge in [-0.2, -0.15) is 0 Å². The van der Waals surface area contributed by atoms with E-state index in [0.29, 0.717) is 22.6 Å². The summed E-state index contributed by atoms with van der Waals surface area (Å²) < 4.78 is 0. The fourth-order valence-corrected chi connectivity index (χ4v) is 2.00. The zero-order valence-electron chi connectivity index (χ0n) is 9.04. The molecule has 1 aromatic heterocycles. The van der Waals surface area contributed by atoms with E-state index < -0.39 is 0 Å². The van der Waals surface area contributed by atoms with Crippen molar-refractivity contribution in [2.24, 2.45) is 5.92 Å². The van der Waals surface area contributed by atoms with E-state index in [1.165, 1.54) is 19.2 Å². The molecule has 16 heavy (non-hydrogen) atoms. The smallest absolute Gasteiger partial charge is 0.150 e. The van der Waals surface area contributed by atoms with Crippen LogP contribution in [0.1, 0.15) is 12.8 Å². The molecule has 6 heteroatoms. The Morgan fingerprint density at radius 3 is 2.94 bits per heavy atom. The second-order valence-corrected chi connectivity index (χ2v) is 4.37. The third kappa shape index (κ3) is 2.74. The van der Waals surface area contributed by atoms with Gasteiger partial charge >= 0.3 is 0 Å². The third-order valence-electron chi connectivity index (χ3n) is 2.83. The number of nitrogens with zero attached hydrogens (tertiary/aromatic N) is 2. The van der Waals surface area contributed by atoms with Crippen LogP contribution in [-0.2, 0) is 0 Å². The first-order valence-electron chi connectivity index (χ1n) is 5.48. The maximum atomic E-state index is 5.99. The standard InChI is InChI=1S/C10H16ClN5/c11-8-9(12)15-6-16-10(8)14-5-7-1-3-13-4-2-7/h6-7,13H,1-5H2,(H3,12,14,15,16). The Morgan fingerprint density at radius 1 is 1.44 bits per heavy atom. The molecule has 1 aliphatic rings. The monoisotopic (exact) mass is 241 g/mol. The molecule has 2 heterocycles. The summed E-state index contributed by atoms with van der Waals surface area (Å²) in [7, 11) is 0. The molecule has 5 nitrogen and oxygen atoms in total. The van der Waals surface area contributed by atoms with Gasteiger partial charge in [-0.05, 0) is 31.8 Å². The Bertz CT molecular complexity index is 351. The number of halogens is 1. The highest BCUT2D eigenvalue weighted by Crippen LogP contribution is 2.24. The first-order valence-corrected chi connectivity index (χ1v) is 5.85. The third-order valence-corrected chi connectivity index (χ3v) is 3.21. The van der Waals surface area contributed by atoms with E-state index >= 15 is 0 Å². The van der Waals surface area contributed by atoms with E-state index in [-0.39, 0.29) is 0 Å². The van der Waals surface area contributed by atoms with Gasteiger partial charge in [-0.25, -0.2) is 9.97 Å². The maximum Gasteiger partial charge on any atom is 0.150 e. The first kappa shape index (κ1) is 11.4. The summed E-state index contributed by atoms with van der Waals surface area (Å²) in [5.41, 5.74) is 5.60. The molecule has 1 fully saturated rings. The lowest BCUT2D eigenvalue weighted by Gasteiger charge is -2.23. The SMILES string of the molecule is Nc1ncnc(NCC2CCNCC2)c1Cl. The van der Waals surface area contributed by atoms with E-state index in [1.54, 1.807) is 0 Å². The van der Waals surface area contributed by atoms with Crippen molar-refractivity contribution in [3.8, 4) is 0 Å². The summed E-state index contributed by atoms with van der Waals surface area (Å²) in [6.07, 6.45) is 3.79. The summed E-state index contributed by atoms with van der Waals surface area (Å²) in [5, 5.41) is 6.98. The van der Waals surface area contributed by atoms with Crippen LogP contribution < -0.4 is 16.4 Å². The predicted octanol–water partition coefficient (Wildman–Crippen LogP) is 1.12. The van der Waals surface area contributed by atoms with Gasteiger partial charge in [-0.1, -0.05) is 11.6 Å². The lowest BCUT2D eigenvalue weighted by atomic mass is 9.98. The number of hydrogen-bond donors (Lipinski definition) is 3. The van der Waals surface area contributed by atoms with Crippen molar-refractivity contribution in [2.45, 2.75) is 12.8 Å². The molecule has 0 spiro atoms. The molecular weight excluding hydrogens is 226 g/mol. The topological polar surface area (TPSA) is 75.9 Å². The van der Waals surface area contributed by atoms with Crippen LogP contribution in [0.2, 0.25) is 5.02 Å². The van der Waals surface area contributed by atoms with Gasteiger partial charge in [0.15, 0.2) is 0 Å². The lowest BCUT2D eigenvalue weighted by molar-refractivity contribution is 0.389. The van der Waals surface area contributed by atoms with Gasteiger partial charge < -0.3 is 16.4 Å². The molecule has 0 aromatic carbocycles. The zero-order chi connectivity index (χ0) is 11.4. The molecule has 0 radical (unpaired) electrons. The van der Waals surface area contributed by atoms with Crippen LogP contribution >= 0.6 is 11.6 Å². The number of hydrogen-bond acceptors (Lipinski definition) is 5. The predicted molar refractivity (Wildman–Crippen MR) is 65.5 cm³/mol. The fraction of sp³-hybridized carbons (Fsp3) is 0.600. The Labute approximate surface area is 99.8 Å². The highest BCUT2D eigenvalue weighted by atomic mass is 35.5. The maximum absolute atomic E-state index is 5.99. The molecule has 0 saturated carbocycles. The lowest BCUT2D eigenvalue weighted by Crippen LogP contribution is -2.31. The minimum absolute atomic E-state index is 0.324. The number of piperidine rings is 1. The van der Waals surface area contributed by atoms with Gasteiger partial charge in [0.05, 0.1) is 0 Å². The van der Waals surface area contributed by atoms with Crippen LogP contribution in [0, 0.1) is 5.92 Å². The molecule has 0 atom stereocenters. The summed E-state index contributed by atoms with van der Waals surface area (Å²) in [6, 6.07) is 0. The largest absolute Gasteiger partial charge is 0.382 e. The van der Waals surface area contributed by atoms with Crippen LogP contribution in [0.4, 0.5) is 11.6 Å². The molecule has 2 rings (SSSR count). The molecule has 88 valence electrons. The van der Waals surface area contributed by atoms with Gasteiger partial charge in [0.2, 0.25) is 0 Å². The number of nitrogens with one attached hydrogen (secondary N) is 2. The average molecular weight is 242 g/mol. The van der Waals surface area contributed by atoms with Crippen molar-refractivity contribution in [3.63, 3.8) is 0 Å². The number of anilines is 2. The van der Waals surface area contributed by atoms with E-state index in [0.717, 1.165) is 19.6 Å². The van der Waals surface area contributed by atoms with Crippen LogP contribution in [0.5, 0.6) is 0 Å². The summed E-state index contributed by atoms with van der Waals surface area (Å²) in [6.45, 7) is 3.07. The van der Waals surface area contributed by atoms with Crippen LogP contribution in [0.3, 0.4) is 0 Å². The Kier molecular flexibility index (Phi) is 3.79. The Hall–Kier alpha value is -1.07. The van der Waals surface area contributed by atoms with E-state index in [1.807, 2.05) is 0 Å². The van der Waals surface area contributed by atoms with Crippen LogP contribution in [0.25, 0.3) is 0 Å². The van der Waals surface area contributed by atoms with Gasteiger partial charge in [-0.15, -0.1) is 0 Å². The second-order valence-electron chi connectivity index (χ2n) is 4.00. The molecular formula is C10H16ClN5. The minimum atomic E-state index is 0.324. The van der Waals surface area contributed by atoms with E-state index in [9.17, 15) is 0 Å². The van der Waals surface area contributed by atoms with Crippen LogP contribution in [0.15, 0.2) is 6.33 Å². The molecule has 4 N–H and O–H groups in total. The molecule has 0 unspecified atom stereocenters. The van der Waals surface area contributed by atoms with E-state index in [4.69, 9.17) is 17.3 Å². The van der Waals surface area contributed by atoms with E-state index in [2.05, 4.69) is 20.6 Å². The van der Waals surface area contributed by atoms with Gasteiger partial charge in [0.25, 0.3) is 0 Å². The number of rotatable bonds is 3. The Morgan fingerprint density at radius 2 is 2.19 bits per heavy atom. The molecule has 0 aliphatic carbocycles. The number of aromatic nitrogens is 2. The average Bonchev–Trinajstić information content (AvgIpc) is 2.32. The number of nitrogen functional groups attached to an aromatic ring is 1. The molecule has 0 bridgehead atoms. The molecule has 0 amide bonds. The Balaban J connectivity index is 1.91. The van der Waals surface area contributed by atoms with Gasteiger partial charge in [0.1, 0.15) is 23.0 Å². The van der Waals surface area contributed by atoms with Crippen LogP contribution in [-0.4, -0.2) is 29.6 Å². The summed E-state index contributed by atoms with van der Waals surface area (Å²) in [5.74, 6) is 1.63. The fourth-order valence-electron chi connectivity index (χ4n) is 1.83. The van der Waals surface area contributed by atoms with Gasteiger partial charge in [0, 0.05) is 6.54 Å². The highest BCUT2D eigenvalue weighted by molar-refractivity contribution is 6.35. The van der Waals surface area contributed by atoms with Gasteiger partial charge in [-0.3, -0.25) is 0 Å². The normalized spacial score (nSPS) is 17.3. The molecule has 1 aromatic rings. The zero-order valence-corrected chi connectivity index (χ0v) is 9.80. The summed E-state index contributed by atoms with van der Waals surface area (Å²) in [4.78, 5) is 7.89.